The van der Waals surface area contributed by atoms with E-state index >= 15 is 0 Å². The van der Waals surface area contributed by atoms with Crippen LogP contribution in [-0.2, 0) is 11.2 Å². The van der Waals surface area contributed by atoms with Gasteiger partial charge in [-0.1, -0.05) is 35.5 Å². The molecular weight excluding hydrogens is 228 g/mol. The predicted octanol–water partition coefficient (Wildman–Crippen LogP) is 2.55. The molecule has 0 amide bonds. The summed E-state index contributed by atoms with van der Waals surface area (Å²) in [5, 5.41) is 11.3. The SMILES string of the molecule is NC(CCCCOCCCc1ccccc1)=NO. The van der Waals surface area contributed by atoms with Crippen molar-refractivity contribution in [3.05, 3.63) is 35.9 Å². The maximum Gasteiger partial charge on any atom is 0.139 e. The summed E-state index contributed by atoms with van der Waals surface area (Å²) in [5.74, 6) is 0.291. The molecule has 3 N–H and O–H groups in total. The maximum absolute atomic E-state index is 8.35. The zero-order valence-electron chi connectivity index (χ0n) is 10.7. The Labute approximate surface area is 108 Å². The van der Waals surface area contributed by atoms with Crippen LogP contribution in [0.15, 0.2) is 35.5 Å². The molecule has 0 aliphatic rings. The van der Waals surface area contributed by atoms with Gasteiger partial charge in [-0.15, -0.1) is 0 Å². The molecule has 0 heterocycles. The topological polar surface area (TPSA) is 67.8 Å². The lowest BCUT2D eigenvalue weighted by Crippen LogP contribution is -2.11. The first-order valence-corrected chi connectivity index (χ1v) is 6.41. The minimum atomic E-state index is 0.291. The van der Waals surface area contributed by atoms with Gasteiger partial charge in [0.2, 0.25) is 0 Å². The highest BCUT2D eigenvalue weighted by atomic mass is 16.5. The first kappa shape index (κ1) is 14.5. The van der Waals surface area contributed by atoms with E-state index in [4.69, 9.17) is 15.7 Å². The number of aryl methyl sites for hydroxylation is 1. The molecule has 0 aliphatic heterocycles. The Morgan fingerprint density at radius 2 is 1.83 bits per heavy atom. The summed E-state index contributed by atoms with van der Waals surface area (Å²) in [4.78, 5) is 0. The van der Waals surface area contributed by atoms with Crippen molar-refractivity contribution in [3.8, 4) is 0 Å². The Morgan fingerprint density at radius 1 is 1.11 bits per heavy atom. The van der Waals surface area contributed by atoms with Crippen molar-refractivity contribution < 1.29 is 9.94 Å². The van der Waals surface area contributed by atoms with Crippen molar-refractivity contribution in [2.75, 3.05) is 13.2 Å². The Bertz CT molecular complexity index is 339. The molecule has 0 spiro atoms. The number of ether oxygens (including phenoxy) is 1. The van der Waals surface area contributed by atoms with E-state index in [9.17, 15) is 0 Å². The molecule has 18 heavy (non-hydrogen) atoms. The molecular formula is C14H22N2O2. The quantitative estimate of drug-likeness (QED) is 0.233. The van der Waals surface area contributed by atoms with Crippen LogP contribution in [0.25, 0.3) is 0 Å². The van der Waals surface area contributed by atoms with E-state index in [2.05, 4.69) is 29.4 Å². The van der Waals surface area contributed by atoms with E-state index < -0.39 is 0 Å². The number of rotatable bonds is 9. The van der Waals surface area contributed by atoms with E-state index in [1.807, 2.05) is 6.07 Å². The molecule has 0 bridgehead atoms. The van der Waals surface area contributed by atoms with Gasteiger partial charge in [-0.25, -0.2) is 0 Å². The van der Waals surface area contributed by atoms with Gasteiger partial charge in [-0.2, -0.15) is 0 Å². The fourth-order valence-electron chi connectivity index (χ4n) is 1.69. The molecule has 0 aliphatic carbocycles. The number of nitrogens with two attached hydrogens (primary N) is 1. The smallest absolute Gasteiger partial charge is 0.139 e. The van der Waals surface area contributed by atoms with Crippen LogP contribution in [0.1, 0.15) is 31.2 Å². The Kier molecular flexibility index (Phi) is 7.64. The van der Waals surface area contributed by atoms with Gasteiger partial charge in [-0.05, 0) is 31.2 Å². The molecule has 0 radical (unpaired) electrons. The molecule has 1 aromatic rings. The molecule has 0 saturated carbocycles. The standard InChI is InChI=1S/C14H22N2O2/c15-14(16-17)10-4-5-11-18-12-6-9-13-7-2-1-3-8-13/h1-3,7-8,17H,4-6,9-12H2,(H2,15,16). The summed E-state index contributed by atoms with van der Waals surface area (Å²) in [6, 6.07) is 10.4. The number of amidine groups is 1. The summed E-state index contributed by atoms with van der Waals surface area (Å²) in [6.45, 7) is 1.53. The first-order chi connectivity index (χ1) is 8.83. The second-order valence-electron chi connectivity index (χ2n) is 4.25. The van der Waals surface area contributed by atoms with Crippen LogP contribution >= 0.6 is 0 Å². The number of nitrogens with zero attached hydrogens (tertiary/aromatic N) is 1. The second kappa shape index (κ2) is 9.48. The number of oxime groups is 1. The fourth-order valence-corrected chi connectivity index (χ4v) is 1.69. The van der Waals surface area contributed by atoms with Gasteiger partial charge >= 0.3 is 0 Å². The largest absolute Gasteiger partial charge is 0.409 e. The van der Waals surface area contributed by atoms with Crippen molar-refractivity contribution in [3.63, 3.8) is 0 Å². The van der Waals surface area contributed by atoms with E-state index in [0.717, 1.165) is 38.9 Å². The van der Waals surface area contributed by atoms with Crippen molar-refractivity contribution >= 4 is 5.84 Å². The van der Waals surface area contributed by atoms with Crippen LogP contribution < -0.4 is 5.73 Å². The lowest BCUT2D eigenvalue weighted by Gasteiger charge is -2.04. The normalized spacial score (nSPS) is 11.7. The van der Waals surface area contributed by atoms with E-state index in [0.29, 0.717) is 12.3 Å². The van der Waals surface area contributed by atoms with Crippen molar-refractivity contribution in [2.45, 2.75) is 32.1 Å². The third-order valence-corrected chi connectivity index (χ3v) is 2.70. The molecule has 4 heteroatoms. The second-order valence-corrected chi connectivity index (χ2v) is 4.25. The van der Waals surface area contributed by atoms with Crippen LogP contribution in [0.2, 0.25) is 0 Å². The molecule has 0 atom stereocenters. The summed E-state index contributed by atoms with van der Waals surface area (Å²) < 4.78 is 5.53. The van der Waals surface area contributed by atoms with E-state index in [1.165, 1.54) is 5.56 Å². The Morgan fingerprint density at radius 3 is 2.56 bits per heavy atom. The minimum Gasteiger partial charge on any atom is -0.409 e. The fraction of sp³-hybridized carbons (Fsp3) is 0.500. The molecule has 0 fully saturated rings. The van der Waals surface area contributed by atoms with E-state index in [-0.39, 0.29) is 0 Å². The van der Waals surface area contributed by atoms with Crippen molar-refractivity contribution in [1.29, 1.82) is 0 Å². The van der Waals surface area contributed by atoms with Crippen molar-refractivity contribution in [2.24, 2.45) is 10.9 Å². The maximum atomic E-state index is 8.35. The van der Waals surface area contributed by atoms with Gasteiger partial charge in [0.15, 0.2) is 0 Å². The van der Waals surface area contributed by atoms with Crippen LogP contribution in [0.3, 0.4) is 0 Å². The van der Waals surface area contributed by atoms with E-state index in [1.54, 1.807) is 0 Å². The molecule has 100 valence electrons. The van der Waals surface area contributed by atoms with Gasteiger partial charge in [0.1, 0.15) is 5.84 Å². The van der Waals surface area contributed by atoms with Crippen LogP contribution in [-0.4, -0.2) is 24.3 Å². The average Bonchev–Trinajstić information content (AvgIpc) is 2.42. The minimum absolute atomic E-state index is 0.291. The molecule has 0 saturated heterocycles. The number of hydrogen-bond acceptors (Lipinski definition) is 3. The van der Waals surface area contributed by atoms with Crippen LogP contribution in [0, 0.1) is 0 Å². The third-order valence-electron chi connectivity index (χ3n) is 2.70. The average molecular weight is 250 g/mol. The Hall–Kier alpha value is -1.55. The molecule has 1 aromatic carbocycles. The van der Waals surface area contributed by atoms with Gasteiger partial charge in [0.05, 0.1) is 0 Å². The highest BCUT2D eigenvalue weighted by Crippen LogP contribution is 2.03. The molecule has 1 rings (SSSR count). The molecule has 0 unspecified atom stereocenters. The number of hydrogen-bond donors (Lipinski definition) is 2. The van der Waals surface area contributed by atoms with Gasteiger partial charge in [0.25, 0.3) is 0 Å². The Balaban J connectivity index is 1.90. The first-order valence-electron chi connectivity index (χ1n) is 6.41. The van der Waals surface area contributed by atoms with Gasteiger partial charge in [0, 0.05) is 19.6 Å². The zero-order chi connectivity index (χ0) is 13.1. The predicted molar refractivity (Wildman–Crippen MR) is 72.8 cm³/mol. The summed E-state index contributed by atoms with van der Waals surface area (Å²) in [6.07, 6.45) is 4.58. The highest BCUT2D eigenvalue weighted by molar-refractivity contribution is 5.79. The third kappa shape index (κ3) is 6.91. The number of benzene rings is 1. The summed E-state index contributed by atoms with van der Waals surface area (Å²) in [5.41, 5.74) is 6.71. The molecule has 4 nitrogen and oxygen atoms in total. The van der Waals surface area contributed by atoms with Gasteiger partial charge in [-0.3, -0.25) is 0 Å². The number of unbranched alkanes of at least 4 members (excludes halogenated alkanes) is 1. The molecule has 0 aromatic heterocycles. The van der Waals surface area contributed by atoms with Gasteiger partial charge < -0.3 is 15.7 Å². The van der Waals surface area contributed by atoms with Crippen LogP contribution in [0.5, 0.6) is 0 Å². The monoisotopic (exact) mass is 250 g/mol. The summed E-state index contributed by atoms with van der Waals surface area (Å²) in [7, 11) is 0. The highest BCUT2D eigenvalue weighted by Gasteiger charge is 1.95. The zero-order valence-corrected chi connectivity index (χ0v) is 10.7. The summed E-state index contributed by atoms with van der Waals surface area (Å²) >= 11 is 0. The van der Waals surface area contributed by atoms with Crippen molar-refractivity contribution in [1.82, 2.24) is 0 Å². The lowest BCUT2D eigenvalue weighted by atomic mass is 10.1. The lowest BCUT2D eigenvalue weighted by molar-refractivity contribution is 0.128. The van der Waals surface area contributed by atoms with Crippen LogP contribution in [0.4, 0.5) is 0 Å².